The smallest absolute Gasteiger partial charge is 0.258 e. The van der Waals surface area contributed by atoms with E-state index in [0.29, 0.717) is 22.8 Å². The molecular formula is C18H19N5O. The average Bonchev–Trinajstić information content (AvgIpc) is 2.62. The SMILES string of the molecule is CC1CCN(c2ncc(C(=O)Nc3cccc(C#N)c3)cn2)CC1. The number of anilines is 2. The van der Waals surface area contributed by atoms with Crippen LogP contribution in [0.25, 0.3) is 0 Å². The summed E-state index contributed by atoms with van der Waals surface area (Å²) in [5.74, 6) is 1.13. The summed E-state index contributed by atoms with van der Waals surface area (Å²) >= 11 is 0. The fraction of sp³-hybridized carbons (Fsp3) is 0.333. The van der Waals surface area contributed by atoms with E-state index in [-0.39, 0.29) is 5.91 Å². The number of nitrogens with zero attached hydrogens (tertiary/aromatic N) is 4. The van der Waals surface area contributed by atoms with Gasteiger partial charge in [0.25, 0.3) is 5.91 Å². The van der Waals surface area contributed by atoms with Crippen molar-refractivity contribution in [2.75, 3.05) is 23.3 Å². The van der Waals surface area contributed by atoms with E-state index in [9.17, 15) is 4.79 Å². The molecule has 0 spiro atoms. The van der Waals surface area contributed by atoms with Gasteiger partial charge in [0.1, 0.15) is 0 Å². The molecule has 0 saturated carbocycles. The van der Waals surface area contributed by atoms with E-state index in [4.69, 9.17) is 5.26 Å². The van der Waals surface area contributed by atoms with Crippen molar-refractivity contribution in [3.8, 4) is 6.07 Å². The molecule has 1 saturated heterocycles. The van der Waals surface area contributed by atoms with Crippen molar-refractivity contribution in [1.82, 2.24) is 9.97 Å². The molecule has 1 aromatic carbocycles. The standard InChI is InChI=1S/C18H19N5O/c1-13-5-7-23(8-6-13)18-20-11-15(12-21-18)17(24)22-16-4-2-3-14(9-16)10-19/h2-4,9,11-13H,5-8H2,1H3,(H,22,24). The fourth-order valence-corrected chi connectivity index (χ4v) is 2.68. The summed E-state index contributed by atoms with van der Waals surface area (Å²) in [6.45, 7) is 4.16. The molecule has 2 heterocycles. The molecular weight excluding hydrogens is 302 g/mol. The molecule has 122 valence electrons. The van der Waals surface area contributed by atoms with Gasteiger partial charge in [0.2, 0.25) is 5.95 Å². The number of amides is 1. The number of nitrogens with one attached hydrogen (secondary N) is 1. The number of nitriles is 1. The third-order valence-electron chi connectivity index (χ3n) is 4.22. The Balaban J connectivity index is 1.66. The van der Waals surface area contributed by atoms with Gasteiger partial charge in [-0.15, -0.1) is 0 Å². The second kappa shape index (κ2) is 7.09. The van der Waals surface area contributed by atoms with Gasteiger partial charge in [-0.05, 0) is 37.0 Å². The number of piperidine rings is 1. The third-order valence-corrected chi connectivity index (χ3v) is 4.22. The number of benzene rings is 1. The third kappa shape index (κ3) is 3.69. The van der Waals surface area contributed by atoms with Crippen molar-refractivity contribution in [2.45, 2.75) is 19.8 Å². The molecule has 6 heteroatoms. The quantitative estimate of drug-likeness (QED) is 0.940. The van der Waals surface area contributed by atoms with Crippen LogP contribution in [0.4, 0.5) is 11.6 Å². The van der Waals surface area contributed by atoms with Crippen molar-refractivity contribution in [2.24, 2.45) is 5.92 Å². The molecule has 24 heavy (non-hydrogen) atoms. The van der Waals surface area contributed by atoms with E-state index in [0.717, 1.165) is 31.8 Å². The second-order valence-electron chi connectivity index (χ2n) is 6.09. The summed E-state index contributed by atoms with van der Waals surface area (Å²) < 4.78 is 0. The van der Waals surface area contributed by atoms with Crippen LogP contribution in [0.15, 0.2) is 36.7 Å². The molecule has 1 N–H and O–H groups in total. The first-order valence-corrected chi connectivity index (χ1v) is 8.04. The summed E-state index contributed by atoms with van der Waals surface area (Å²) in [7, 11) is 0. The molecule has 3 rings (SSSR count). The van der Waals surface area contributed by atoms with Crippen LogP contribution < -0.4 is 10.2 Å². The Morgan fingerprint density at radius 3 is 2.67 bits per heavy atom. The van der Waals surface area contributed by atoms with Gasteiger partial charge in [0.05, 0.1) is 17.2 Å². The van der Waals surface area contributed by atoms with Crippen LogP contribution in [0, 0.1) is 17.2 Å². The van der Waals surface area contributed by atoms with Crippen molar-refractivity contribution in [3.63, 3.8) is 0 Å². The van der Waals surface area contributed by atoms with Gasteiger partial charge in [0.15, 0.2) is 0 Å². The van der Waals surface area contributed by atoms with Crippen LogP contribution in [-0.2, 0) is 0 Å². The second-order valence-corrected chi connectivity index (χ2v) is 6.09. The highest BCUT2D eigenvalue weighted by Crippen LogP contribution is 2.19. The van der Waals surface area contributed by atoms with Crippen LogP contribution in [0.5, 0.6) is 0 Å². The molecule has 1 aromatic heterocycles. The lowest BCUT2D eigenvalue weighted by Gasteiger charge is -2.30. The number of rotatable bonds is 3. The Bertz CT molecular complexity index is 758. The van der Waals surface area contributed by atoms with E-state index in [1.807, 2.05) is 6.07 Å². The van der Waals surface area contributed by atoms with Crippen LogP contribution in [0.2, 0.25) is 0 Å². The molecule has 1 aliphatic heterocycles. The molecule has 0 atom stereocenters. The molecule has 1 aliphatic rings. The summed E-state index contributed by atoms with van der Waals surface area (Å²) in [5.41, 5.74) is 1.47. The van der Waals surface area contributed by atoms with Crippen LogP contribution in [0.1, 0.15) is 35.7 Å². The maximum absolute atomic E-state index is 12.3. The van der Waals surface area contributed by atoms with Crippen LogP contribution in [-0.4, -0.2) is 29.0 Å². The highest BCUT2D eigenvalue weighted by Gasteiger charge is 2.18. The molecule has 0 aliphatic carbocycles. The minimum absolute atomic E-state index is 0.288. The van der Waals surface area contributed by atoms with Crippen molar-refractivity contribution >= 4 is 17.5 Å². The molecule has 0 unspecified atom stereocenters. The number of hydrogen-bond donors (Lipinski definition) is 1. The van der Waals surface area contributed by atoms with E-state index in [1.54, 1.807) is 36.7 Å². The first kappa shape index (κ1) is 15.9. The zero-order valence-electron chi connectivity index (χ0n) is 13.6. The topological polar surface area (TPSA) is 81.9 Å². The predicted octanol–water partition coefficient (Wildman–Crippen LogP) is 2.84. The Kier molecular flexibility index (Phi) is 4.71. The zero-order valence-corrected chi connectivity index (χ0v) is 13.6. The molecule has 2 aromatic rings. The predicted molar refractivity (Wildman–Crippen MR) is 91.8 cm³/mol. The number of hydrogen-bond acceptors (Lipinski definition) is 5. The maximum atomic E-state index is 12.3. The monoisotopic (exact) mass is 321 g/mol. The molecule has 6 nitrogen and oxygen atoms in total. The Labute approximate surface area is 141 Å². The largest absolute Gasteiger partial charge is 0.341 e. The van der Waals surface area contributed by atoms with E-state index in [1.165, 1.54) is 0 Å². The average molecular weight is 321 g/mol. The Morgan fingerprint density at radius 2 is 2.00 bits per heavy atom. The Hall–Kier alpha value is -2.94. The normalized spacial score (nSPS) is 14.9. The van der Waals surface area contributed by atoms with Gasteiger partial charge in [-0.2, -0.15) is 5.26 Å². The van der Waals surface area contributed by atoms with Gasteiger partial charge in [-0.3, -0.25) is 4.79 Å². The minimum atomic E-state index is -0.288. The van der Waals surface area contributed by atoms with Gasteiger partial charge in [-0.1, -0.05) is 13.0 Å². The first-order valence-electron chi connectivity index (χ1n) is 8.04. The lowest BCUT2D eigenvalue weighted by molar-refractivity contribution is 0.102. The fourth-order valence-electron chi connectivity index (χ4n) is 2.68. The maximum Gasteiger partial charge on any atom is 0.258 e. The zero-order chi connectivity index (χ0) is 16.9. The Morgan fingerprint density at radius 1 is 1.29 bits per heavy atom. The van der Waals surface area contributed by atoms with Gasteiger partial charge < -0.3 is 10.2 Å². The molecule has 0 bridgehead atoms. The van der Waals surface area contributed by atoms with Gasteiger partial charge in [0, 0.05) is 31.2 Å². The number of carbonyl (C=O) groups is 1. The van der Waals surface area contributed by atoms with Crippen molar-refractivity contribution in [3.05, 3.63) is 47.8 Å². The minimum Gasteiger partial charge on any atom is -0.341 e. The van der Waals surface area contributed by atoms with E-state index < -0.39 is 0 Å². The molecule has 1 amide bonds. The number of aromatic nitrogens is 2. The summed E-state index contributed by atoms with van der Waals surface area (Å²) in [5, 5.41) is 11.7. The molecule has 0 radical (unpaired) electrons. The summed E-state index contributed by atoms with van der Waals surface area (Å²) in [6.07, 6.45) is 5.37. The van der Waals surface area contributed by atoms with Crippen molar-refractivity contribution in [1.29, 1.82) is 5.26 Å². The molecule has 1 fully saturated rings. The van der Waals surface area contributed by atoms with Crippen LogP contribution in [0.3, 0.4) is 0 Å². The van der Waals surface area contributed by atoms with Crippen molar-refractivity contribution < 1.29 is 4.79 Å². The number of carbonyl (C=O) groups excluding carboxylic acids is 1. The summed E-state index contributed by atoms with van der Waals surface area (Å²) in [4.78, 5) is 23.1. The lowest BCUT2D eigenvalue weighted by atomic mass is 10.00. The summed E-state index contributed by atoms with van der Waals surface area (Å²) in [6, 6.07) is 8.83. The van der Waals surface area contributed by atoms with E-state index >= 15 is 0 Å². The highest BCUT2D eigenvalue weighted by molar-refractivity contribution is 6.03. The van der Waals surface area contributed by atoms with Crippen LogP contribution >= 0.6 is 0 Å². The van der Waals surface area contributed by atoms with Gasteiger partial charge in [-0.25, -0.2) is 9.97 Å². The lowest BCUT2D eigenvalue weighted by Crippen LogP contribution is -2.34. The van der Waals surface area contributed by atoms with Gasteiger partial charge >= 0.3 is 0 Å². The first-order chi connectivity index (χ1) is 11.7. The van der Waals surface area contributed by atoms with E-state index in [2.05, 4.69) is 27.1 Å². The highest BCUT2D eigenvalue weighted by atomic mass is 16.1.